The molecule has 0 aliphatic carbocycles. The molecule has 1 atom stereocenters. The Morgan fingerprint density at radius 3 is 1.95 bits per heavy atom. The van der Waals surface area contributed by atoms with Crippen LogP contribution in [-0.2, 0) is 31.5 Å². The van der Waals surface area contributed by atoms with E-state index in [0.717, 1.165) is 12.1 Å². The summed E-state index contributed by atoms with van der Waals surface area (Å²) in [4.78, 5) is 7.90. The van der Waals surface area contributed by atoms with Gasteiger partial charge in [0.25, 0.3) is 20.2 Å². The van der Waals surface area contributed by atoms with Crippen LogP contribution in [0.2, 0.25) is 0 Å². The molecule has 1 unspecified atom stereocenters. The molecule has 118 valence electrons. The number of carboxylic acids is 1. The average Bonchev–Trinajstić information content (AvgIpc) is 2.27. The molecule has 1 aromatic rings. The molecule has 21 heavy (non-hydrogen) atoms. The van der Waals surface area contributed by atoms with Gasteiger partial charge in [0.1, 0.15) is 16.7 Å². The second-order valence-corrected chi connectivity index (χ2v) is 6.72. The summed E-state index contributed by atoms with van der Waals surface area (Å²) in [5.41, 5.74) is 4.72. The largest absolute Gasteiger partial charge is 0.506 e. The maximum absolute atomic E-state index is 11.3. The van der Waals surface area contributed by atoms with Crippen molar-refractivity contribution in [2.24, 2.45) is 5.73 Å². The summed E-state index contributed by atoms with van der Waals surface area (Å²) >= 11 is 0. The zero-order valence-corrected chi connectivity index (χ0v) is 11.8. The molecule has 0 radical (unpaired) electrons. The molecular formula is C9H11NO9S2. The van der Waals surface area contributed by atoms with Gasteiger partial charge in [-0.15, -0.1) is 0 Å². The number of phenols is 1. The molecule has 0 aliphatic heterocycles. The molecule has 6 N–H and O–H groups in total. The molecule has 0 aliphatic rings. The van der Waals surface area contributed by atoms with Gasteiger partial charge in [-0.2, -0.15) is 16.8 Å². The van der Waals surface area contributed by atoms with E-state index in [2.05, 4.69) is 0 Å². The van der Waals surface area contributed by atoms with Gasteiger partial charge in [-0.1, -0.05) is 6.07 Å². The molecule has 0 bridgehead atoms. The summed E-state index contributed by atoms with van der Waals surface area (Å²) in [6, 6.07) is 0.00159. The van der Waals surface area contributed by atoms with Crippen molar-refractivity contribution in [1.29, 1.82) is 0 Å². The maximum Gasteiger partial charge on any atom is 0.320 e. The summed E-state index contributed by atoms with van der Waals surface area (Å²) in [5, 5.41) is 18.1. The number of aromatic hydroxyl groups is 1. The summed E-state index contributed by atoms with van der Waals surface area (Å²) < 4.78 is 63.0. The SMILES string of the molecule is NC(Cc1ccc(O)c(S(=O)(=O)O)c1S(=O)(=O)O)C(=O)O. The molecule has 1 aromatic carbocycles. The van der Waals surface area contributed by atoms with Gasteiger partial charge in [0, 0.05) is 0 Å². The Kier molecular flexibility index (Phi) is 4.60. The zero-order valence-electron chi connectivity index (χ0n) is 10.2. The van der Waals surface area contributed by atoms with E-state index in [0.29, 0.717) is 0 Å². The summed E-state index contributed by atoms with van der Waals surface area (Å²) in [5.74, 6) is -2.63. The number of phenolic OH excluding ortho intramolecular Hbond substituents is 1. The van der Waals surface area contributed by atoms with E-state index in [1.165, 1.54) is 0 Å². The van der Waals surface area contributed by atoms with Crippen LogP contribution in [0.4, 0.5) is 0 Å². The van der Waals surface area contributed by atoms with E-state index in [9.17, 15) is 26.7 Å². The summed E-state index contributed by atoms with van der Waals surface area (Å²) in [7, 11) is -10.4. The first-order valence-electron chi connectivity index (χ1n) is 5.14. The van der Waals surface area contributed by atoms with Gasteiger partial charge in [0.05, 0.1) is 0 Å². The number of aliphatic carboxylic acids is 1. The normalized spacial score (nSPS) is 13.9. The second kappa shape index (κ2) is 5.57. The van der Waals surface area contributed by atoms with Crippen molar-refractivity contribution in [2.45, 2.75) is 22.3 Å². The Morgan fingerprint density at radius 2 is 1.57 bits per heavy atom. The number of carboxylic acid groups (broad SMARTS) is 1. The molecule has 0 amide bonds. The van der Waals surface area contributed by atoms with E-state index in [4.69, 9.17) is 19.9 Å². The van der Waals surface area contributed by atoms with E-state index < -0.39 is 59.8 Å². The highest BCUT2D eigenvalue weighted by Crippen LogP contribution is 2.33. The molecule has 0 saturated carbocycles. The highest BCUT2D eigenvalue weighted by atomic mass is 32.2. The third-order valence-electron chi connectivity index (χ3n) is 2.45. The first kappa shape index (κ1) is 17.3. The van der Waals surface area contributed by atoms with E-state index in [1.807, 2.05) is 0 Å². The number of rotatable bonds is 5. The number of benzene rings is 1. The van der Waals surface area contributed by atoms with Gasteiger partial charge >= 0.3 is 5.97 Å². The molecule has 0 spiro atoms. The number of hydrogen-bond donors (Lipinski definition) is 5. The first-order valence-corrected chi connectivity index (χ1v) is 8.02. The van der Waals surface area contributed by atoms with Crippen LogP contribution in [0.5, 0.6) is 5.75 Å². The van der Waals surface area contributed by atoms with E-state index in [1.54, 1.807) is 0 Å². The molecule has 1 rings (SSSR count). The van der Waals surface area contributed by atoms with Crippen molar-refractivity contribution in [1.82, 2.24) is 0 Å². The fourth-order valence-electron chi connectivity index (χ4n) is 1.61. The van der Waals surface area contributed by atoms with Crippen LogP contribution in [0, 0.1) is 0 Å². The highest BCUT2D eigenvalue weighted by Gasteiger charge is 2.31. The Balaban J connectivity index is 3.73. The lowest BCUT2D eigenvalue weighted by molar-refractivity contribution is -0.138. The van der Waals surface area contributed by atoms with Gasteiger partial charge in [0.2, 0.25) is 0 Å². The van der Waals surface area contributed by atoms with Gasteiger partial charge in [-0.05, 0) is 18.1 Å². The molecule has 0 aromatic heterocycles. The molecule has 12 heteroatoms. The molecule has 10 nitrogen and oxygen atoms in total. The highest BCUT2D eigenvalue weighted by molar-refractivity contribution is 7.89. The molecule has 0 heterocycles. The third kappa shape index (κ3) is 3.89. The molecular weight excluding hydrogens is 330 g/mol. The predicted molar refractivity (Wildman–Crippen MR) is 67.1 cm³/mol. The third-order valence-corrected chi connectivity index (χ3v) is 4.49. The monoisotopic (exact) mass is 341 g/mol. The lowest BCUT2D eigenvalue weighted by Crippen LogP contribution is -2.33. The van der Waals surface area contributed by atoms with E-state index >= 15 is 0 Å². The maximum atomic E-state index is 11.3. The topological polar surface area (TPSA) is 192 Å². The average molecular weight is 341 g/mol. The number of nitrogens with two attached hydrogens (primary N) is 1. The number of carbonyl (C=O) groups is 1. The zero-order chi connectivity index (χ0) is 16.6. The van der Waals surface area contributed by atoms with Crippen molar-refractivity contribution in [3.8, 4) is 5.75 Å². The Morgan fingerprint density at radius 1 is 1.10 bits per heavy atom. The van der Waals surface area contributed by atoms with Gasteiger partial charge in [0.15, 0.2) is 4.90 Å². The summed E-state index contributed by atoms with van der Waals surface area (Å²) in [6.07, 6.45) is -0.659. The fraction of sp³-hybridized carbons (Fsp3) is 0.222. The van der Waals surface area contributed by atoms with Crippen LogP contribution < -0.4 is 5.73 Å². The van der Waals surface area contributed by atoms with Crippen LogP contribution in [0.15, 0.2) is 21.9 Å². The quantitative estimate of drug-likeness (QED) is 0.408. The Hall–Kier alpha value is -1.73. The van der Waals surface area contributed by atoms with Crippen molar-refractivity contribution in [3.63, 3.8) is 0 Å². The van der Waals surface area contributed by atoms with Crippen molar-refractivity contribution < 1.29 is 40.9 Å². The number of hydrogen-bond acceptors (Lipinski definition) is 7. The van der Waals surface area contributed by atoms with Crippen molar-refractivity contribution in [2.75, 3.05) is 0 Å². The lowest BCUT2D eigenvalue weighted by atomic mass is 10.1. The first-order chi connectivity index (χ1) is 9.35. The van der Waals surface area contributed by atoms with Gasteiger partial charge < -0.3 is 15.9 Å². The van der Waals surface area contributed by atoms with Crippen LogP contribution in [0.1, 0.15) is 5.56 Å². The van der Waals surface area contributed by atoms with Crippen molar-refractivity contribution >= 4 is 26.2 Å². The van der Waals surface area contributed by atoms with Crippen molar-refractivity contribution in [3.05, 3.63) is 17.7 Å². The minimum Gasteiger partial charge on any atom is -0.506 e. The van der Waals surface area contributed by atoms with Crippen LogP contribution in [0.3, 0.4) is 0 Å². The second-order valence-electron chi connectivity index (χ2n) is 4.00. The van der Waals surface area contributed by atoms with Gasteiger partial charge in [-0.3, -0.25) is 13.9 Å². The van der Waals surface area contributed by atoms with Crippen LogP contribution in [-0.4, -0.2) is 48.2 Å². The minimum atomic E-state index is -5.20. The predicted octanol–water partition coefficient (Wildman–Crippen LogP) is -1.16. The minimum absolute atomic E-state index is 0.488. The Labute approximate surface area is 119 Å². The Bertz CT molecular complexity index is 782. The van der Waals surface area contributed by atoms with Gasteiger partial charge in [-0.25, -0.2) is 0 Å². The van der Waals surface area contributed by atoms with E-state index in [-0.39, 0.29) is 0 Å². The standard InChI is InChI=1S/C9H11NO9S2/c10-5(9(12)13)3-4-1-2-6(11)8(21(17,18)19)7(4)20(14,15)16/h1-2,5,11H,3,10H2,(H,12,13)(H,14,15,16)(H,17,18,19). The summed E-state index contributed by atoms with van der Waals surface area (Å²) in [6.45, 7) is 0. The molecule has 0 saturated heterocycles. The molecule has 0 fully saturated rings. The fourth-order valence-corrected chi connectivity index (χ4v) is 3.76. The smallest absolute Gasteiger partial charge is 0.320 e. The van der Waals surface area contributed by atoms with Crippen LogP contribution in [0.25, 0.3) is 0 Å². The lowest BCUT2D eigenvalue weighted by Gasteiger charge is -2.14. The van der Waals surface area contributed by atoms with Crippen LogP contribution >= 0.6 is 0 Å².